The van der Waals surface area contributed by atoms with E-state index in [1.54, 1.807) is 21.1 Å². The fraction of sp³-hybridized carbons (Fsp3) is 0.571. The summed E-state index contributed by atoms with van der Waals surface area (Å²) in [6.07, 6.45) is 3.77. The van der Waals surface area contributed by atoms with E-state index >= 15 is 0 Å². The van der Waals surface area contributed by atoms with Crippen LogP contribution >= 0.6 is 0 Å². The number of methoxy groups -OCH3 is 2. The van der Waals surface area contributed by atoms with Crippen molar-refractivity contribution in [2.24, 2.45) is 0 Å². The van der Waals surface area contributed by atoms with Crippen LogP contribution in [0.4, 0.5) is 0 Å². The molecule has 28 heavy (non-hydrogen) atoms. The van der Waals surface area contributed by atoms with E-state index in [1.807, 2.05) is 29.2 Å². The molecular formula is C21H29N3O4. The van der Waals surface area contributed by atoms with Crippen molar-refractivity contribution in [1.82, 2.24) is 15.0 Å². The Labute approximate surface area is 166 Å². The second-order valence-electron chi connectivity index (χ2n) is 7.43. The van der Waals surface area contributed by atoms with Gasteiger partial charge < -0.3 is 18.9 Å². The van der Waals surface area contributed by atoms with Gasteiger partial charge in [0.2, 0.25) is 11.8 Å². The number of piperidine rings is 1. The largest absolute Gasteiger partial charge is 0.497 e. The highest BCUT2D eigenvalue weighted by Crippen LogP contribution is 2.36. The van der Waals surface area contributed by atoms with Crippen molar-refractivity contribution in [2.75, 3.05) is 33.9 Å². The Morgan fingerprint density at radius 1 is 1.36 bits per heavy atom. The number of hydrogen-bond donors (Lipinski definition) is 0. The lowest BCUT2D eigenvalue weighted by atomic mass is 9.76. The molecule has 0 N–H and O–H groups in total. The van der Waals surface area contributed by atoms with Crippen molar-refractivity contribution in [1.29, 1.82) is 0 Å². The summed E-state index contributed by atoms with van der Waals surface area (Å²) < 4.78 is 15.8. The molecule has 0 spiro atoms. The predicted molar refractivity (Wildman–Crippen MR) is 104 cm³/mol. The first kappa shape index (κ1) is 20.3. The summed E-state index contributed by atoms with van der Waals surface area (Å²) in [7, 11) is 3.34. The van der Waals surface area contributed by atoms with Gasteiger partial charge in [0.1, 0.15) is 5.75 Å². The Morgan fingerprint density at radius 2 is 2.21 bits per heavy atom. The van der Waals surface area contributed by atoms with Crippen LogP contribution in [0.3, 0.4) is 0 Å². The summed E-state index contributed by atoms with van der Waals surface area (Å²) in [4.78, 5) is 19.4. The van der Waals surface area contributed by atoms with Crippen LogP contribution in [0.2, 0.25) is 0 Å². The van der Waals surface area contributed by atoms with E-state index in [-0.39, 0.29) is 11.3 Å². The number of aryl methyl sites for hydroxylation is 2. The molecule has 0 aliphatic carbocycles. The minimum absolute atomic E-state index is 0.157. The van der Waals surface area contributed by atoms with Gasteiger partial charge in [0, 0.05) is 40.2 Å². The number of carbonyl (C=O) groups is 1. The third kappa shape index (κ3) is 4.70. The van der Waals surface area contributed by atoms with Crippen LogP contribution < -0.4 is 4.74 Å². The summed E-state index contributed by atoms with van der Waals surface area (Å²) >= 11 is 0. The first-order chi connectivity index (χ1) is 13.6. The topological polar surface area (TPSA) is 77.7 Å². The maximum atomic E-state index is 12.9. The molecule has 1 aliphatic heterocycles. The highest BCUT2D eigenvalue weighted by molar-refractivity contribution is 5.76. The zero-order chi connectivity index (χ0) is 20.0. The normalized spacial score (nSPS) is 19.6. The smallest absolute Gasteiger partial charge is 0.223 e. The molecule has 1 aromatic carbocycles. The molecule has 0 saturated carbocycles. The van der Waals surface area contributed by atoms with E-state index in [1.165, 1.54) is 0 Å². The first-order valence-corrected chi connectivity index (χ1v) is 9.77. The Morgan fingerprint density at radius 3 is 2.93 bits per heavy atom. The summed E-state index contributed by atoms with van der Waals surface area (Å²) in [6, 6.07) is 7.87. The molecule has 2 heterocycles. The minimum atomic E-state index is -0.308. The second kappa shape index (κ2) is 9.19. The molecule has 0 radical (unpaired) electrons. The Kier molecular flexibility index (Phi) is 6.67. The predicted octanol–water partition coefficient (Wildman–Crippen LogP) is 2.92. The zero-order valence-electron chi connectivity index (χ0n) is 16.9. The highest BCUT2D eigenvalue weighted by atomic mass is 16.5. The summed E-state index contributed by atoms with van der Waals surface area (Å²) in [5.41, 5.74) is 0.793. The van der Waals surface area contributed by atoms with Crippen molar-refractivity contribution >= 4 is 5.91 Å². The van der Waals surface area contributed by atoms with E-state index in [4.69, 9.17) is 14.0 Å². The summed E-state index contributed by atoms with van der Waals surface area (Å²) in [5.74, 6) is 2.21. The number of aromatic nitrogens is 2. The van der Waals surface area contributed by atoms with Crippen LogP contribution in [0.25, 0.3) is 0 Å². The lowest BCUT2D eigenvalue weighted by Gasteiger charge is -2.41. The number of benzene rings is 1. The van der Waals surface area contributed by atoms with Gasteiger partial charge in [-0.05, 0) is 43.4 Å². The van der Waals surface area contributed by atoms with Crippen LogP contribution in [0.5, 0.6) is 5.75 Å². The van der Waals surface area contributed by atoms with Gasteiger partial charge in [-0.25, -0.2) is 0 Å². The lowest BCUT2D eigenvalue weighted by Crippen LogP contribution is -2.49. The summed E-state index contributed by atoms with van der Waals surface area (Å²) in [6.45, 7) is 3.76. The molecule has 1 atom stereocenters. The van der Waals surface area contributed by atoms with Crippen LogP contribution in [-0.4, -0.2) is 54.9 Å². The third-order valence-electron chi connectivity index (χ3n) is 5.48. The number of carbonyl (C=O) groups excluding carboxylic acids is 1. The van der Waals surface area contributed by atoms with Gasteiger partial charge in [0.15, 0.2) is 5.82 Å². The zero-order valence-corrected chi connectivity index (χ0v) is 16.9. The number of nitrogens with zero attached hydrogens (tertiary/aromatic N) is 3. The molecular weight excluding hydrogens is 358 g/mol. The Bertz CT molecular complexity index is 791. The van der Waals surface area contributed by atoms with Gasteiger partial charge in [-0.3, -0.25) is 4.79 Å². The fourth-order valence-corrected chi connectivity index (χ4v) is 3.89. The molecule has 1 amide bonds. The van der Waals surface area contributed by atoms with Crippen molar-refractivity contribution in [3.63, 3.8) is 0 Å². The van der Waals surface area contributed by atoms with Gasteiger partial charge in [0.25, 0.3) is 0 Å². The van der Waals surface area contributed by atoms with E-state index in [2.05, 4.69) is 10.1 Å². The minimum Gasteiger partial charge on any atom is -0.497 e. The molecule has 7 nitrogen and oxygen atoms in total. The Hall–Kier alpha value is -2.41. The first-order valence-electron chi connectivity index (χ1n) is 9.77. The average molecular weight is 387 g/mol. The molecule has 1 saturated heterocycles. The number of likely N-dealkylation sites (tertiary alicyclic amines) is 1. The fourth-order valence-electron chi connectivity index (χ4n) is 3.89. The standard InChI is InChI=1S/C21H29N3O4/c1-16-22-20(23-28-16)21(11-13-26-2)10-5-12-24(15-21)19(25)9-8-17-6-4-7-18(14-17)27-3/h4,6-7,14H,5,8-13,15H2,1-3H3. The number of ether oxygens (including phenoxy) is 2. The maximum absolute atomic E-state index is 12.9. The molecule has 1 aliphatic rings. The number of amides is 1. The second-order valence-corrected chi connectivity index (χ2v) is 7.43. The van der Waals surface area contributed by atoms with Crippen molar-refractivity contribution in [3.05, 3.63) is 41.5 Å². The van der Waals surface area contributed by atoms with Crippen molar-refractivity contribution in [3.8, 4) is 5.75 Å². The summed E-state index contributed by atoms with van der Waals surface area (Å²) in [5, 5.41) is 4.18. The van der Waals surface area contributed by atoms with Crippen molar-refractivity contribution in [2.45, 2.75) is 44.4 Å². The van der Waals surface area contributed by atoms with Crippen LogP contribution in [-0.2, 0) is 21.4 Å². The molecule has 2 aromatic rings. The molecule has 1 unspecified atom stereocenters. The molecule has 152 valence electrons. The SMILES string of the molecule is COCCC1(c2noc(C)n2)CCCN(C(=O)CCc2cccc(OC)c2)C1. The maximum Gasteiger partial charge on any atom is 0.223 e. The van der Waals surface area contributed by atoms with Crippen LogP contribution in [0, 0.1) is 6.92 Å². The lowest BCUT2D eigenvalue weighted by molar-refractivity contribution is -0.133. The monoisotopic (exact) mass is 387 g/mol. The quantitative estimate of drug-likeness (QED) is 0.693. The number of hydrogen-bond acceptors (Lipinski definition) is 6. The van der Waals surface area contributed by atoms with E-state index in [0.29, 0.717) is 37.7 Å². The molecule has 3 rings (SSSR count). The van der Waals surface area contributed by atoms with Crippen LogP contribution in [0.15, 0.2) is 28.8 Å². The average Bonchev–Trinajstić information content (AvgIpc) is 3.18. The van der Waals surface area contributed by atoms with Gasteiger partial charge in [-0.1, -0.05) is 17.3 Å². The third-order valence-corrected chi connectivity index (χ3v) is 5.48. The van der Waals surface area contributed by atoms with Gasteiger partial charge in [-0.2, -0.15) is 4.98 Å². The van der Waals surface area contributed by atoms with Gasteiger partial charge in [0.05, 0.1) is 12.5 Å². The Balaban J connectivity index is 1.68. The van der Waals surface area contributed by atoms with E-state index < -0.39 is 0 Å². The van der Waals surface area contributed by atoms with Gasteiger partial charge >= 0.3 is 0 Å². The molecule has 7 heteroatoms. The van der Waals surface area contributed by atoms with Gasteiger partial charge in [-0.15, -0.1) is 0 Å². The van der Waals surface area contributed by atoms with Crippen LogP contribution in [0.1, 0.15) is 43.0 Å². The molecule has 1 fully saturated rings. The molecule has 1 aromatic heterocycles. The van der Waals surface area contributed by atoms with Crippen molar-refractivity contribution < 1.29 is 18.8 Å². The number of rotatable bonds is 8. The highest BCUT2D eigenvalue weighted by Gasteiger charge is 2.41. The van der Waals surface area contributed by atoms with E-state index in [9.17, 15) is 4.79 Å². The molecule has 0 bridgehead atoms. The van der Waals surface area contributed by atoms with E-state index in [0.717, 1.165) is 37.1 Å².